The molecule has 0 bridgehead atoms. The average molecular weight is 316 g/mol. The fraction of sp³-hybridized carbons (Fsp3) is 0.400. The number of piperidine rings is 1. The molecule has 1 N–H and O–H groups in total. The highest BCUT2D eigenvalue weighted by molar-refractivity contribution is 7.22. The van der Waals surface area contributed by atoms with Gasteiger partial charge in [0, 0.05) is 12.4 Å². The molecule has 1 aliphatic heterocycles. The van der Waals surface area contributed by atoms with E-state index in [9.17, 15) is 0 Å². The molecule has 4 rings (SSSR count). The van der Waals surface area contributed by atoms with Gasteiger partial charge in [-0.2, -0.15) is 4.98 Å². The Hall–Kier alpha value is -1.83. The minimum atomic E-state index is 0.290. The molecule has 0 aromatic carbocycles. The van der Waals surface area contributed by atoms with E-state index in [1.807, 2.05) is 18.3 Å². The molecule has 0 atom stereocenters. The highest BCUT2D eigenvalue weighted by Gasteiger charge is 2.16. The lowest BCUT2D eigenvalue weighted by atomic mass is 10.1. The van der Waals surface area contributed by atoms with Gasteiger partial charge in [-0.3, -0.25) is 4.98 Å². The smallest absolute Gasteiger partial charge is 0.268 e. The van der Waals surface area contributed by atoms with Crippen LogP contribution >= 0.6 is 11.3 Å². The Labute approximate surface area is 131 Å². The number of aromatic nitrogens is 3. The first-order valence-electron chi connectivity index (χ1n) is 7.37. The second-order valence-electron chi connectivity index (χ2n) is 5.30. The molecule has 0 radical (unpaired) electrons. The van der Waals surface area contributed by atoms with Gasteiger partial charge in [0.15, 0.2) is 5.82 Å². The van der Waals surface area contributed by atoms with Crippen LogP contribution in [0, 0.1) is 0 Å². The number of hydrogen-bond donors (Lipinski definition) is 1. The third-order valence-electron chi connectivity index (χ3n) is 3.74. The van der Waals surface area contributed by atoms with Crippen LogP contribution in [-0.4, -0.2) is 34.3 Å². The number of rotatable bonds is 4. The number of thiophene rings is 1. The van der Waals surface area contributed by atoms with Gasteiger partial charge < -0.3 is 14.6 Å². The maximum Gasteiger partial charge on any atom is 0.268 e. The molecule has 4 heterocycles. The molecule has 3 aromatic heterocycles. The second kappa shape index (κ2) is 6.12. The Morgan fingerprint density at radius 2 is 2.27 bits per heavy atom. The van der Waals surface area contributed by atoms with Crippen LogP contribution in [0.1, 0.15) is 18.7 Å². The van der Waals surface area contributed by atoms with E-state index >= 15 is 0 Å². The molecule has 1 fully saturated rings. The van der Waals surface area contributed by atoms with Gasteiger partial charge in [-0.1, -0.05) is 5.16 Å². The Morgan fingerprint density at radius 1 is 1.36 bits per heavy atom. The molecule has 0 aliphatic carbocycles. The molecule has 0 amide bonds. The molecule has 1 saturated heterocycles. The van der Waals surface area contributed by atoms with Gasteiger partial charge in [0.2, 0.25) is 0 Å². The lowest BCUT2D eigenvalue weighted by Gasteiger charge is -2.22. The van der Waals surface area contributed by atoms with Gasteiger partial charge in [-0.25, -0.2) is 0 Å². The van der Waals surface area contributed by atoms with Crippen LogP contribution in [0.4, 0.5) is 0 Å². The summed E-state index contributed by atoms with van der Waals surface area (Å²) in [5.41, 5.74) is 0. The van der Waals surface area contributed by atoms with Gasteiger partial charge >= 0.3 is 0 Å². The normalized spacial score (nSPS) is 16.4. The number of nitrogens with one attached hydrogen (secondary N) is 1. The van der Waals surface area contributed by atoms with E-state index in [0.29, 0.717) is 24.4 Å². The van der Waals surface area contributed by atoms with Crippen LogP contribution in [0.5, 0.6) is 0 Å². The molecular formula is C15H16N4O2S. The molecule has 0 unspecified atom stereocenters. The molecule has 114 valence electrons. The summed E-state index contributed by atoms with van der Waals surface area (Å²) < 4.78 is 12.3. The van der Waals surface area contributed by atoms with Crippen molar-refractivity contribution in [2.75, 3.05) is 13.1 Å². The van der Waals surface area contributed by atoms with Crippen LogP contribution in [0.3, 0.4) is 0 Å². The Balaban J connectivity index is 1.46. The molecule has 7 heteroatoms. The summed E-state index contributed by atoms with van der Waals surface area (Å²) >= 11 is 1.60. The lowest BCUT2D eigenvalue weighted by Crippen LogP contribution is -2.32. The third kappa shape index (κ3) is 2.87. The van der Waals surface area contributed by atoms with E-state index in [1.165, 1.54) is 0 Å². The summed E-state index contributed by atoms with van der Waals surface area (Å²) in [6.07, 6.45) is 5.99. The summed E-state index contributed by atoms with van der Waals surface area (Å²) in [4.78, 5) is 9.52. The maximum atomic E-state index is 5.85. The van der Waals surface area contributed by atoms with Crippen LogP contribution in [-0.2, 0) is 11.3 Å². The van der Waals surface area contributed by atoms with Gasteiger partial charge in [-0.15, -0.1) is 11.3 Å². The summed E-state index contributed by atoms with van der Waals surface area (Å²) in [6, 6.07) is 4.03. The van der Waals surface area contributed by atoms with E-state index in [0.717, 1.165) is 40.9 Å². The van der Waals surface area contributed by atoms with Crippen molar-refractivity contribution in [2.45, 2.75) is 25.6 Å². The number of nitrogens with zero attached hydrogens (tertiary/aromatic N) is 3. The zero-order chi connectivity index (χ0) is 14.8. The van der Waals surface area contributed by atoms with Crippen molar-refractivity contribution >= 4 is 21.4 Å². The fourth-order valence-electron chi connectivity index (χ4n) is 2.56. The largest absolute Gasteiger partial charge is 0.370 e. The van der Waals surface area contributed by atoms with Crippen molar-refractivity contribution in [3.63, 3.8) is 0 Å². The molecule has 1 aliphatic rings. The minimum Gasteiger partial charge on any atom is -0.370 e. The monoisotopic (exact) mass is 316 g/mol. The van der Waals surface area contributed by atoms with Gasteiger partial charge in [0.05, 0.1) is 15.7 Å². The molecule has 3 aromatic rings. The van der Waals surface area contributed by atoms with Crippen LogP contribution in [0.15, 0.2) is 29.0 Å². The van der Waals surface area contributed by atoms with Gasteiger partial charge in [-0.05, 0) is 43.5 Å². The van der Waals surface area contributed by atoms with Crippen molar-refractivity contribution in [1.82, 2.24) is 20.4 Å². The van der Waals surface area contributed by atoms with Gasteiger partial charge in [0.25, 0.3) is 5.89 Å². The molecule has 22 heavy (non-hydrogen) atoms. The molecular weight excluding hydrogens is 300 g/mol. The summed E-state index contributed by atoms with van der Waals surface area (Å²) in [5.74, 6) is 1.15. The highest BCUT2D eigenvalue weighted by Crippen LogP contribution is 2.31. The molecule has 0 spiro atoms. The van der Waals surface area contributed by atoms with Crippen LogP contribution in [0.2, 0.25) is 0 Å². The van der Waals surface area contributed by atoms with Crippen LogP contribution < -0.4 is 5.32 Å². The fourth-order valence-corrected chi connectivity index (χ4v) is 3.51. The van der Waals surface area contributed by atoms with Crippen molar-refractivity contribution in [3.8, 4) is 10.8 Å². The molecule has 0 saturated carbocycles. The van der Waals surface area contributed by atoms with Crippen molar-refractivity contribution in [1.29, 1.82) is 0 Å². The number of pyridine rings is 1. The predicted molar refractivity (Wildman–Crippen MR) is 83.6 cm³/mol. The van der Waals surface area contributed by atoms with Crippen LogP contribution in [0.25, 0.3) is 20.9 Å². The summed E-state index contributed by atoms with van der Waals surface area (Å²) in [6.45, 7) is 2.43. The van der Waals surface area contributed by atoms with Crippen molar-refractivity contribution in [3.05, 3.63) is 30.4 Å². The second-order valence-corrected chi connectivity index (χ2v) is 6.38. The highest BCUT2D eigenvalue weighted by atomic mass is 32.1. The number of ether oxygens (including phenoxy) is 1. The Bertz CT molecular complexity index is 731. The third-order valence-corrected chi connectivity index (χ3v) is 4.81. The maximum absolute atomic E-state index is 5.85. The zero-order valence-corrected chi connectivity index (χ0v) is 12.8. The SMILES string of the molecule is c1cc2cc(-c3nc(COC4CCNCC4)no3)sc2cn1. The van der Waals surface area contributed by atoms with E-state index in [1.54, 1.807) is 17.5 Å². The lowest BCUT2D eigenvalue weighted by molar-refractivity contribution is 0.0170. The first kappa shape index (κ1) is 13.8. The quantitative estimate of drug-likeness (QED) is 0.797. The minimum absolute atomic E-state index is 0.290. The van der Waals surface area contributed by atoms with Crippen molar-refractivity contribution < 1.29 is 9.26 Å². The summed E-state index contributed by atoms with van der Waals surface area (Å²) in [5, 5.41) is 8.47. The Kier molecular flexibility index (Phi) is 3.84. The molecule has 6 nitrogen and oxygen atoms in total. The Morgan fingerprint density at radius 3 is 3.14 bits per heavy atom. The standard InChI is InChI=1S/C15H16N4O2S/c1-4-17-8-13-10(1)7-12(22-13)15-18-14(19-21-15)9-20-11-2-5-16-6-3-11/h1,4,7-8,11,16H,2-3,5-6,9H2. The van der Waals surface area contributed by atoms with Gasteiger partial charge in [0.1, 0.15) is 6.61 Å². The first-order chi connectivity index (χ1) is 10.9. The predicted octanol–water partition coefficient (Wildman–Crippen LogP) is 2.61. The van der Waals surface area contributed by atoms with E-state index in [-0.39, 0.29) is 0 Å². The number of hydrogen-bond acceptors (Lipinski definition) is 7. The topological polar surface area (TPSA) is 73.1 Å². The first-order valence-corrected chi connectivity index (χ1v) is 8.19. The number of fused-ring (bicyclic) bond motifs is 1. The average Bonchev–Trinajstić information content (AvgIpc) is 3.20. The van der Waals surface area contributed by atoms with E-state index < -0.39 is 0 Å². The van der Waals surface area contributed by atoms with E-state index in [2.05, 4.69) is 20.4 Å². The summed E-state index contributed by atoms with van der Waals surface area (Å²) in [7, 11) is 0. The van der Waals surface area contributed by atoms with E-state index in [4.69, 9.17) is 9.26 Å². The zero-order valence-electron chi connectivity index (χ0n) is 12.0. The van der Waals surface area contributed by atoms with Crippen molar-refractivity contribution in [2.24, 2.45) is 0 Å².